The van der Waals surface area contributed by atoms with E-state index in [-0.39, 0.29) is 5.92 Å². The second-order valence-corrected chi connectivity index (χ2v) is 8.94. The molecule has 26 heavy (non-hydrogen) atoms. The second kappa shape index (κ2) is 6.80. The first-order valence-electron chi connectivity index (χ1n) is 9.99. The summed E-state index contributed by atoms with van der Waals surface area (Å²) in [5.74, 6) is 2.08. The maximum atomic E-state index is 12.0. The van der Waals surface area contributed by atoms with Gasteiger partial charge in [-0.1, -0.05) is 13.8 Å². The highest BCUT2D eigenvalue weighted by molar-refractivity contribution is 5.79. The molecule has 3 fully saturated rings. The van der Waals surface area contributed by atoms with E-state index in [1.807, 2.05) is 38.1 Å². The van der Waals surface area contributed by atoms with E-state index in [9.17, 15) is 4.79 Å². The fourth-order valence-electron chi connectivity index (χ4n) is 4.80. The van der Waals surface area contributed by atoms with Crippen molar-refractivity contribution in [3.8, 4) is 0 Å². The molecule has 3 aliphatic rings. The molecule has 0 N–H and O–H groups in total. The van der Waals surface area contributed by atoms with Crippen LogP contribution < -0.4 is 4.90 Å². The molecule has 1 aromatic rings. The number of carbonyl (C=O) groups excluding carboxylic acids is 1. The Morgan fingerprint density at radius 2 is 1.77 bits per heavy atom. The summed E-state index contributed by atoms with van der Waals surface area (Å²) in [6.45, 7) is 13.7. The van der Waals surface area contributed by atoms with Crippen LogP contribution >= 0.6 is 0 Å². The summed E-state index contributed by atoms with van der Waals surface area (Å²) < 4.78 is 0. The Labute approximate surface area is 156 Å². The third-order valence-corrected chi connectivity index (χ3v) is 6.24. The Kier molecular flexibility index (Phi) is 4.63. The average molecular weight is 358 g/mol. The molecule has 4 rings (SSSR count). The van der Waals surface area contributed by atoms with Gasteiger partial charge in [-0.15, -0.1) is 0 Å². The van der Waals surface area contributed by atoms with Crippen LogP contribution in [-0.2, 0) is 4.79 Å². The number of aromatic nitrogens is 2. The van der Waals surface area contributed by atoms with Gasteiger partial charge >= 0.3 is 0 Å². The number of rotatable bonds is 4. The number of amides is 1. The highest BCUT2D eigenvalue weighted by Crippen LogP contribution is 2.41. The molecule has 1 spiro atoms. The molecule has 142 valence electrons. The van der Waals surface area contributed by atoms with Gasteiger partial charge in [0.05, 0.1) is 18.1 Å². The molecule has 3 saturated heterocycles. The van der Waals surface area contributed by atoms with Crippen molar-refractivity contribution in [2.75, 3.05) is 50.7 Å². The molecule has 1 aromatic heterocycles. The third kappa shape index (κ3) is 3.43. The van der Waals surface area contributed by atoms with Gasteiger partial charge in [0.2, 0.25) is 5.91 Å². The van der Waals surface area contributed by atoms with E-state index >= 15 is 0 Å². The van der Waals surface area contributed by atoms with Gasteiger partial charge in [-0.3, -0.25) is 4.79 Å². The monoisotopic (exact) mass is 357 g/mol. The van der Waals surface area contributed by atoms with Gasteiger partial charge in [0.1, 0.15) is 5.82 Å². The standard InChI is InChI=1S/C20H31N5O/c1-15(2)19(26)25-13-20(14-25)11-23(12-20)10-17-4-6-24(7-5-17)18-8-21-16(3)22-9-18/h8-9,15,17H,4-7,10-14H2,1-3H3. The molecule has 6 heteroatoms. The fraction of sp³-hybridized carbons (Fsp3) is 0.750. The number of aryl methyl sites for hydroxylation is 1. The Morgan fingerprint density at radius 3 is 2.35 bits per heavy atom. The number of piperidine rings is 1. The normalized spacial score (nSPS) is 23.2. The predicted octanol–water partition coefficient (Wildman–Crippen LogP) is 1.80. The molecule has 3 aliphatic heterocycles. The zero-order chi connectivity index (χ0) is 18.3. The van der Waals surface area contributed by atoms with Crippen molar-refractivity contribution in [2.45, 2.75) is 33.6 Å². The van der Waals surface area contributed by atoms with Crippen molar-refractivity contribution in [3.63, 3.8) is 0 Å². The SMILES string of the molecule is Cc1ncc(N2CCC(CN3CC4(C3)CN(C(=O)C(C)C)C4)CC2)cn1. The number of nitrogens with zero attached hydrogens (tertiary/aromatic N) is 5. The maximum Gasteiger partial charge on any atom is 0.225 e. The summed E-state index contributed by atoms with van der Waals surface area (Å²) in [5, 5.41) is 0. The van der Waals surface area contributed by atoms with Crippen LogP contribution in [-0.4, -0.2) is 71.5 Å². The third-order valence-electron chi connectivity index (χ3n) is 6.24. The van der Waals surface area contributed by atoms with E-state index in [1.165, 1.54) is 32.5 Å². The van der Waals surface area contributed by atoms with E-state index in [4.69, 9.17) is 0 Å². The molecule has 0 radical (unpaired) electrons. The van der Waals surface area contributed by atoms with Crippen LogP contribution in [0.2, 0.25) is 0 Å². The summed E-state index contributed by atoms with van der Waals surface area (Å²) >= 11 is 0. The Balaban J connectivity index is 1.18. The summed E-state index contributed by atoms with van der Waals surface area (Å²) in [7, 11) is 0. The van der Waals surface area contributed by atoms with Gasteiger partial charge in [-0.25, -0.2) is 9.97 Å². The summed E-state index contributed by atoms with van der Waals surface area (Å²) in [4.78, 5) is 27.7. The van der Waals surface area contributed by atoms with E-state index in [0.717, 1.165) is 43.6 Å². The van der Waals surface area contributed by atoms with Gasteiger partial charge < -0.3 is 14.7 Å². The first-order chi connectivity index (χ1) is 12.4. The number of carbonyl (C=O) groups is 1. The molecule has 0 bridgehead atoms. The van der Waals surface area contributed by atoms with Crippen molar-refractivity contribution in [1.29, 1.82) is 0 Å². The van der Waals surface area contributed by atoms with Gasteiger partial charge in [-0.05, 0) is 25.7 Å². The van der Waals surface area contributed by atoms with Crippen molar-refractivity contribution in [3.05, 3.63) is 18.2 Å². The summed E-state index contributed by atoms with van der Waals surface area (Å²) in [6, 6.07) is 0. The lowest BCUT2D eigenvalue weighted by molar-refractivity contribution is -0.163. The molecular formula is C20H31N5O. The molecule has 0 atom stereocenters. The van der Waals surface area contributed by atoms with Crippen LogP contribution in [0.3, 0.4) is 0 Å². The quantitative estimate of drug-likeness (QED) is 0.822. The zero-order valence-corrected chi connectivity index (χ0v) is 16.3. The zero-order valence-electron chi connectivity index (χ0n) is 16.3. The minimum absolute atomic E-state index is 0.132. The minimum atomic E-state index is 0.132. The van der Waals surface area contributed by atoms with E-state index < -0.39 is 0 Å². The Hall–Kier alpha value is -1.69. The molecule has 6 nitrogen and oxygen atoms in total. The number of anilines is 1. The lowest BCUT2D eigenvalue weighted by atomic mass is 9.72. The Bertz CT molecular complexity index is 637. The number of likely N-dealkylation sites (tertiary alicyclic amines) is 2. The molecule has 4 heterocycles. The molecule has 0 aromatic carbocycles. The van der Waals surface area contributed by atoms with Crippen molar-refractivity contribution >= 4 is 11.6 Å². The number of hydrogen-bond acceptors (Lipinski definition) is 5. The number of hydrogen-bond donors (Lipinski definition) is 0. The van der Waals surface area contributed by atoms with Crippen LogP contribution in [0.4, 0.5) is 5.69 Å². The van der Waals surface area contributed by atoms with E-state index in [2.05, 4.69) is 19.8 Å². The molecule has 0 unspecified atom stereocenters. The largest absolute Gasteiger partial charge is 0.369 e. The first-order valence-corrected chi connectivity index (χ1v) is 9.99. The van der Waals surface area contributed by atoms with Crippen molar-refractivity contribution < 1.29 is 4.79 Å². The van der Waals surface area contributed by atoms with Crippen LogP contribution in [0.1, 0.15) is 32.5 Å². The fourth-order valence-corrected chi connectivity index (χ4v) is 4.80. The average Bonchev–Trinajstić information content (AvgIpc) is 2.56. The topological polar surface area (TPSA) is 52.6 Å². The molecule has 0 aliphatic carbocycles. The van der Waals surface area contributed by atoms with Crippen molar-refractivity contribution in [2.24, 2.45) is 17.3 Å². The summed E-state index contributed by atoms with van der Waals surface area (Å²) in [6.07, 6.45) is 6.38. The highest BCUT2D eigenvalue weighted by atomic mass is 16.2. The summed E-state index contributed by atoms with van der Waals surface area (Å²) in [5.41, 5.74) is 1.58. The van der Waals surface area contributed by atoms with Crippen LogP contribution in [0.15, 0.2) is 12.4 Å². The smallest absolute Gasteiger partial charge is 0.225 e. The van der Waals surface area contributed by atoms with Crippen LogP contribution in [0, 0.1) is 24.2 Å². The van der Waals surface area contributed by atoms with Crippen LogP contribution in [0.25, 0.3) is 0 Å². The second-order valence-electron chi connectivity index (χ2n) is 8.94. The van der Waals surface area contributed by atoms with Gasteiger partial charge in [0.25, 0.3) is 0 Å². The highest BCUT2D eigenvalue weighted by Gasteiger charge is 2.53. The Morgan fingerprint density at radius 1 is 1.15 bits per heavy atom. The van der Waals surface area contributed by atoms with Crippen molar-refractivity contribution in [1.82, 2.24) is 19.8 Å². The van der Waals surface area contributed by atoms with Crippen LogP contribution in [0.5, 0.6) is 0 Å². The molecule has 0 saturated carbocycles. The predicted molar refractivity (Wildman–Crippen MR) is 102 cm³/mol. The molecular weight excluding hydrogens is 326 g/mol. The molecule has 1 amide bonds. The van der Waals surface area contributed by atoms with Gasteiger partial charge in [-0.2, -0.15) is 0 Å². The lowest BCUT2D eigenvalue weighted by Crippen LogP contribution is -2.73. The maximum absolute atomic E-state index is 12.0. The van der Waals surface area contributed by atoms with Gasteiger partial charge in [0.15, 0.2) is 0 Å². The van der Waals surface area contributed by atoms with E-state index in [0.29, 0.717) is 11.3 Å². The lowest BCUT2D eigenvalue weighted by Gasteiger charge is -2.61. The minimum Gasteiger partial charge on any atom is -0.369 e. The first kappa shape index (κ1) is 17.7. The van der Waals surface area contributed by atoms with E-state index in [1.54, 1.807) is 0 Å². The van der Waals surface area contributed by atoms with Gasteiger partial charge in [0, 0.05) is 57.1 Å².